The van der Waals surface area contributed by atoms with Gasteiger partial charge in [-0.1, -0.05) is 6.07 Å². The number of rotatable bonds is 8. The molecule has 0 unspecified atom stereocenters. The van der Waals surface area contributed by atoms with Crippen LogP contribution in [0.4, 0.5) is 0 Å². The first-order chi connectivity index (χ1) is 13.0. The second kappa shape index (κ2) is 8.39. The van der Waals surface area contributed by atoms with E-state index >= 15 is 0 Å². The summed E-state index contributed by atoms with van der Waals surface area (Å²) >= 11 is 1.60. The fourth-order valence-electron chi connectivity index (χ4n) is 3.41. The number of hydrogen-bond donors (Lipinski definition) is 1. The molecule has 8 heteroatoms. The molecule has 0 spiro atoms. The molecule has 2 heterocycles. The van der Waals surface area contributed by atoms with Crippen LogP contribution in [0.25, 0.3) is 0 Å². The zero-order chi connectivity index (χ0) is 19.6. The van der Waals surface area contributed by atoms with E-state index in [-0.39, 0.29) is 23.3 Å². The van der Waals surface area contributed by atoms with Gasteiger partial charge in [-0.3, -0.25) is 9.59 Å². The van der Waals surface area contributed by atoms with E-state index in [0.717, 1.165) is 12.0 Å². The van der Waals surface area contributed by atoms with Gasteiger partial charge in [0.15, 0.2) is 11.5 Å². The van der Waals surface area contributed by atoms with Crippen LogP contribution < -0.4 is 14.8 Å². The van der Waals surface area contributed by atoms with Crippen molar-refractivity contribution < 1.29 is 23.8 Å². The highest BCUT2D eigenvalue weighted by Gasteiger charge is 2.50. The normalized spacial score (nSPS) is 20.6. The molecule has 1 aromatic rings. The van der Waals surface area contributed by atoms with Gasteiger partial charge in [0, 0.05) is 24.5 Å². The molecule has 148 valence electrons. The Kier molecular flexibility index (Phi) is 6.16. The molecule has 2 aliphatic heterocycles. The minimum atomic E-state index is -0.485. The Morgan fingerprint density at radius 1 is 1.33 bits per heavy atom. The highest BCUT2D eigenvalue weighted by Crippen LogP contribution is 2.52. The van der Waals surface area contributed by atoms with Crippen LogP contribution in [0, 0.1) is 0 Å². The lowest BCUT2D eigenvalue weighted by molar-refractivity contribution is -0.124. The number of amides is 2. The van der Waals surface area contributed by atoms with Crippen molar-refractivity contribution in [3.05, 3.63) is 23.3 Å². The van der Waals surface area contributed by atoms with E-state index in [0.29, 0.717) is 36.0 Å². The molecule has 27 heavy (non-hydrogen) atoms. The van der Waals surface area contributed by atoms with Crippen molar-refractivity contribution in [2.75, 3.05) is 33.1 Å². The zero-order valence-corrected chi connectivity index (χ0v) is 16.9. The number of fused-ring (bicyclic) bond motifs is 3. The topological polar surface area (TPSA) is 77.1 Å². The summed E-state index contributed by atoms with van der Waals surface area (Å²) in [6.07, 6.45) is 0.923. The summed E-state index contributed by atoms with van der Waals surface area (Å²) in [4.78, 5) is 27.4. The molecule has 7 nitrogen and oxygen atoms in total. The van der Waals surface area contributed by atoms with Crippen molar-refractivity contribution in [3.8, 4) is 11.5 Å². The molecule has 0 aromatic heterocycles. The lowest BCUT2D eigenvalue weighted by Gasteiger charge is -2.22. The van der Waals surface area contributed by atoms with Crippen LogP contribution in [0.15, 0.2) is 12.1 Å². The maximum Gasteiger partial charge on any atom is 0.260 e. The number of thioether (sulfide) groups is 1. The van der Waals surface area contributed by atoms with Crippen LogP contribution in [0.1, 0.15) is 41.6 Å². The van der Waals surface area contributed by atoms with Crippen molar-refractivity contribution in [2.24, 2.45) is 0 Å². The van der Waals surface area contributed by atoms with Crippen LogP contribution in [0.2, 0.25) is 0 Å². The monoisotopic (exact) mass is 394 g/mol. The minimum absolute atomic E-state index is 0.123. The summed E-state index contributed by atoms with van der Waals surface area (Å²) in [6.45, 7) is 5.09. The van der Waals surface area contributed by atoms with Crippen LogP contribution in [-0.2, 0) is 9.53 Å². The quantitative estimate of drug-likeness (QED) is 0.681. The van der Waals surface area contributed by atoms with E-state index in [9.17, 15) is 9.59 Å². The average Bonchev–Trinajstić information content (AvgIpc) is 3.20. The molecule has 0 saturated carbocycles. The van der Waals surface area contributed by atoms with Gasteiger partial charge in [-0.2, -0.15) is 0 Å². The van der Waals surface area contributed by atoms with Gasteiger partial charge in [0.25, 0.3) is 5.91 Å². The van der Waals surface area contributed by atoms with Crippen molar-refractivity contribution in [2.45, 2.75) is 37.8 Å². The third-order valence-corrected chi connectivity index (χ3v) is 5.97. The third-order valence-electron chi connectivity index (χ3n) is 4.67. The second-order valence-corrected chi connectivity index (χ2v) is 7.86. The number of nitrogens with zero attached hydrogens (tertiary/aromatic N) is 1. The molecule has 2 atom stereocenters. The van der Waals surface area contributed by atoms with Crippen LogP contribution >= 0.6 is 11.8 Å². The zero-order valence-electron chi connectivity index (χ0n) is 16.1. The van der Waals surface area contributed by atoms with E-state index in [4.69, 9.17) is 14.2 Å². The first-order valence-electron chi connectivity index (χ1n) is 9.08. The molecule has 1 saturated heterocycles. The summed E-state index contributed by atoms with van der Waals surface area (Å²) in [5, 5.41) is 2.77. The SMILES string of the molecule is COc1ccc2c(c1OC)C(=O)N1[C@@H](C(=O)NCCCOC(C)C)CS[C@H]21. The Hall–Kier alpha value is -1.93. The smallest absolute Gasteiger partial charge is 0.260 e. The maximum absolute atomic E-state index is 13.1. The van der Waals surface area contributed by atoms with Crippen LogP contribution in [0.5, 0.6) is 11.5 Å². The minimum Gasteiger partial charge on any atom is -0.493 e. The van der Waals surface area contributed by atoms with E-state index in [2.05, 4.69) is 5.32 Å². The number of nitrogens with one attached hydrogen (secondary N) is 1. The summed E-state index contributed by atoms with van der Waals surface area (Å²) in [5.41, 5.74) is 1.38. The van der Waals surface area contributed by atoms with Crippen molar-refractivity contribution in [1.29, 1.82) is 0 Å². The van der Waals surface area contributed by atoms with Crippen molar-refractivity contribution in [3.63, 3.8) is 0 Å². The molecule has 3 rings (SSSR count). The van der Waals surface area contributed by atoms with Gasteiger partial charge < -0.3 is 24.4 Å². The summed E-state index contributed by atoms with van der Waals surface area (Å²) in [5.74, 6) is 1.22. The molecular weight excluding hydrogens is 368 g/mol. The van der Waals surface area contributed by atoms with Gasteiger partial charge in [0.2, 0.25) is 5.91 Å². The lowest BCUT2D eigenvalue weighted by atomic mass is 10.1. The molecule has 0 bridgehead atoms. The Morgan fingerprint density at radius 3 is 2.78 bits per heavy atom. The van der Waals surface area contributed by atoms with Crippen molar-refractivity contribution in [1.82, 2.24) is 10.2 Å². The highest BCUT2D eigenvalue weighted by atomic mass is 32.2. The summed E-state index contributed by atoms with van der Waals surface area (Å²) in [6, 6.07) is 3.20. The molecule has 1 aromatic carbocycles. The van der Waals surface area contributed by atoms with E-state index < -0.39 is 6.04 Å². The number of ether oxygens (including phenoxy) is 3. The molecule has 2 amide bonds. The van der Waals surface area contributed by atoms with Crippen LogP contribution in [0.3, 0.4) is 0 Å². The lowest BCUT2D eigenvalue weighted by Crippen LogP contribution is -2.46. The first-order valence-corrected chi connectivity index (χ1v) is 10.1. The Bertz CT molecular complexity index is 724. The molecule has 1 N–H and O–H groups in total. The van der Waals surface area contributed by atoms with Gasteiger partial charge in [-0.15, -0.1) is 11.8 Å². The first kappa shape index (κ1) is 19.8. The average molecular weight is 394 g/mol. The third kappa shape index (κ3) is 3.73. The number of hydrogen-bond acceptors (Lipinski definition) is 6. The predicted octanol–water partition coefficient (Wildman–Crippen LogP) is 2.20. The fourth-order valence-corrected chi connectivity index (χ4v) is 4.87. The Labute approximate surface area is 163 Å². The fraction of sp³-hybridized carbons (Fsp3) is 0.579. The van der Waals surface area contributed by atoms with Gasteiger partial charge in [0.05, 0.1) is 25.9 Å². The number of carbonyl (C=O) groups is 2. The predicted molar refractivity (Wildman–Crippen MR) is 103 cm³/mol. The van der Waals surface area contributed by atoms with Crippen LogP contribution in [-0.4, -0.2) is 62.0 Å². The molecule has 0 aliphatic carbocycles. The van der Waals surface area contributed by atoms with E-state index in [1.807, 2.05) is 19.9 Å². The van der Waals surface area contributed by atoms with Gasteiger partial charge in [0.1, 0.15) is 11.4 Å². The van der Waals surface area contributed by atoms with Crippen molar-refractivity contribution >= 4 is 23.6 Å². The maximum atomic E-state index is 13.1. The Balaban J connectivity index is 1.69. The highest BCUT2D eigenvalue weighted by molar-refractivity contribution is 7.99. The second-order valence-electron chi connectivity index (χ2n) is 6.74. The number of carbonyl (C=O) groups excluding carboxylic acids is 2. The number of methoxy groups -OCH3 is 2. The molecule has 0 radical (unpaired) electrons. The standard InChI is InChI=1S/C19H26N2O5S/c1-11(2)26-9-5-8-20-17(22)13-10-27-19-12-6-7-14(24-3)16(25-4)15(12)18(23)21(13)19/h6-7,11,13,19H,5,8-10H2,1-4H3,(H,20,22)/t13-,19-/m1/s1. The Morgan fingerprint density at radius 2 is 2.11 bits per heavy atom. The molecular formula is C19H26N2O5S. The summed E-state index contributed by atoms with van der Waals surface area (Å²) < 4.78 is 16.2. The van der Waals surface area contributed by atoms with Gasteiger partial charge in [-0.25, -0.2) is 0 Å². The van der Waals surface area contributed by atoms with Gasteiger partial charge >= 0.3 is 0 Å². The largest absolute Gasteiger partial charge is 0.493 e. The van der Waals surface area contributed by atoms with Gasteiger partial charge in [-0.05, 0) is 26.3 Å². The van der Waals surface area contributed by atoms with E-state index in [1.165, 1.54) is 7.11 Å². The molecule has 1 fully saturated rings. The molecule has 2 aliphatic rings. The summed E-state index contributed by atoms with van der Waals surface area (Å²) in [7, 11) is 3.06. The number of benzene rings is 1. The van der Waals surface area contributed by atoms with E-state index in [1.54, 1.807) is 29.8 Å².